The van der Waals surface area contributed by atoms with Crippen molar-refractivity contribution in [3.05, 3.63) is 30.3 Å². The second kappa shape index (κ2) is 8.20. The van der Waals surface area contributed by atoms with Gasteiger partial charge in [0.2, 0.25) is 0 Å². The smallest absolute Gasteiger partial charge is 0.321 e. The minimum absolute atomic E-state index is 0.00869. The average Bonchev–Trinajstić information content (AvgIpc) is 2.96. The lowest BCUT2D eigenvalue weighted by molar-refractivity contribution is 0.194. The molecule has 1 unspecified atom stereocenters. The Bertz CT molecular complexity index is 594. The van der Waals surface area contributed by atoms with E-state index in [1.165, 1.54) is 0 Å². The number of hydrogen-bond donors (Lipinski definition) is 2. The molecule has 7 heteroatoms. The van der Waals surface area contributed by atoms with E-state index in [9.17, 15) is 9.59 Å². The zero-order valence-electron chi connectivity index (χ0n) is 14.8. The molecule has 2 aliphatic heterocycles. The van der Waals surface area contributed by atoms with Crippen molar-refractivity contribution in [2.24, 2.45) is 0 Å². The first-order chi connectivity index (χ1) is 12.1. The summed E-state index contributed by atoms with van der Waals surface area (Å²) in [4.78, 5) is 30.7. The van der Waals surface area contributed by atoms with E-state index in [1.807, 2.05) is 35.2 Å². The second-order valence-corrected chi connectivity index (χ2v) is 6.82. The van der Waals surface area contributed by atoms with Gasteiger partial charge in [0.05, 0.1) is 0 Å². The van der Waals surface area contributed by atoms with Crippen LogP contribution in [0.25, 0.3) is 0 Å². The molecule has 0 saturated carbocycles. The Balaban J connectivity index is 1.46. The number of rotatable bonds is 2. The van der Waals surface area contributed by atoms with Crippen molar-refractivity contribution in [3.8, 4) is 0 Å². The Morgan fingerprint density at radius 2 is 1.76 bits per heavy atom. The molecule has 0 spiro atoms. The molecule has 2 heterocycles. The van der Waals surface area contributed by atoms with E-state index >= 15 is 0 Å². The van der Waals surface area contributed by atoms with Crippen LogP contribution in [-0.4, -0.2) is 79.1 Å². The lowest BCUT2D eigenvalue weighted by atomic mass is 10.3. The van der Waals surface area contributed by atoms with Gasteiger partial charge in [0, 0.05) is 44.5 Å². The number of urea groups is 2. The van der Waals surface area contributed by atoms with Crippen molar-refractivity contribution in [2.75, 3.05) is 51.6 Å². The number of hydrogen-bond acceptors (Lipinski definition) is 3. The highest BCUT2D eigenvalue weighted by atomic mass is 16.2. The SMILES string of the molecule is CN1CCCN(C(=O)NC2CCN(C(=O)Nc3ccccc3)C2)CC1. The number of para-hydroxylation sites is 1. The Morgan fingerprint density at radius 1 is 0.960 bits per heavy atom. The van der Waals surface area contributed by atoms with E-state index in [1.54, 1.807) is 4.90 Å². The van der Waals surface area contributed by atoms with Crippen LogP contribution in [0.5, 0.6) is 0 Å². The van der Waals surface area contributed by atoms with Gasteiger partial charge in [-0.25, -0.2) is 9.59 Å². The van der Waals surface area contributed by atoms with E-state index in [0.717, 1.165) is 44.7 Å². The van der Waals surface area contributed by atoms with Gasteiger partial charge in [0.15, 0.2) is 0 Å². The van der Waals surface area contributed by atoms with Gasteiger partial charge in [-0.3, -0.25) is 0 Å². The summed E-state index contributed by atoms with van der Waals surface area (Å²) in [6.07, 6.45) is 1.79. The first-order valence-electron chi connectivity index (χ1n) is 8.97. The first kappa shape index (κ1) is 17.5. The number of amides is 4. The molecule has 1 atom stereocenters. The summed E-state index contributed by atoms with van der Waals surface area (Å²) in [6, 6.07) is 9.33. The summed E-state index contributed by atoms with van der Waals surface area (Å²) in [5.74, 6) is 0. The Morgan fingerprint density at radius 3 is 2.56 bits per heavy atom. The van der Waals surface area contributed by atoms with E-state index in [0.29, 0.717) is 13.1 Å². The standard InChI is InChI=1S/C18H27N5O2/c1-21-9-5-10-22(13-12-21)17(24)20-16-8-11-23(14-16)18(25)19-15-6-3-2-4-7-15/h2-4,6-7,16H,5,8-14H2,1H3,(H,19,25)(H,20,24). The lowest BCUT2D eigenvalue weighted by Crippen LogP contribution is -2.47. The lowest BCUT2D eigenvalue weighted by Gasteiger charge is -2.24. The van der Waals surface area contributed by atoms with Crippen molar-refractivity contribution in [1.82, 2.24) is 20.0 Å². The number of nitrogens with zero attached hydrogens (tertiary/aromatic N) is 3. The Labute approximate surface area is 149 Å². The van der Waals surface area contributed by atoms with Crippen LogP contribution in [0, 0.1) is 0 Å². The fourth-order valence-corrected chi connectivity index (χ4v) is 3.30. The third kappa shape index (κ3) is 4.85. The van der Waals surface area contributed by atoms with Gasteiger partial charge in [-0.2, -0.15) is 0 Å². The van der Waals surface area contributed by atoms with Crippen molar-refractivity contribution >= 4 is 17.7 Å². The summed E-state index contributed by atoms with van der Waals surface area (Å²) in [6.45, 7) is 4.70. The normalized spacial score (nSPS) is 21.7. The Kier molecular flexibility index (Phi) is 5.75. The summed E-state index contributed by atoms with van der Waals surface area (Å²) in [7, 11) is 2.08. The van der Waals surface area contributed by atoms with Gasteiger partial charge in [-0.15, -0.1) is 0 Å². The van der Waals surface area contributed by atoms with Crippen LogP contribution in [0.2, 0.25) is 0 Å². The van der Waals surface area contributed by atoms with E-state index in [2.05, 4.69) is 22.6 Å². The average molecular weight is 345 g/mol. The monoisotopic (exact) mass is 345 g/mol. The molecule has 3 rings (SSSR count). The number of nitrogens with one attached hydrogen (secondary N) is 2. The maximum atomic E-state index is 12.5. The number of carbonyl (C=O) groups is 2. The maximum Gasteiger partial charge on any atom is 0.321 e. The molecular weight excluding hydrogens is 318 g/mol. The van der Waals surface area contributed by atoms with Crippen molar-refractivity contribution in [1.29, 1.82) is 0 Å². The van der Waals surface area contributed by atoms with Gasteiger partial charge in [-0.05, 0) is 38.6 Å². The summed E-state index contributed by atoms with van der Waals surface area (Å²) in [5, 5.41) is 5.98. The molecule has 2 fully saturated rings. The largest absolute Gasteiger partial charge is 0.333 e. The Hall–Kier alpha value is -2.28. The summed E-state index contributed by atoms with van der Waals surface area (Å²) < 4.78 is 0. The van der Waals surface area contributed by atoms with Crippen LogP contribution in [-0.2, 0) is 0 Å². The molecule has 7 nitrogen and oxygen atoms in total. The molecular formula is C18H27N5O2. The molecule has 0 bridgehead atoms. The molecule has 136 valence electrons. The predicted molar refractivity (Wildman–Crippen MR) is 97.7 cm³/mol. The van der Waals surface area contributed by atoms with Crippen LogP contribution in [0.4, 0.5) is 15.3 Å². The van der Waals surface area contributed by atoms with Crippen LogP contribution in [0.15, 0.2) is 30.3 Å². The van der Waals surface area contributed by atoms with Gasteiger partial charge >= 0.3 is 12.1 Å². The molecule has 1 aromatic rings. The maximum absolute atomic E-state index is 12.5. The topological polar surface area (TPSA) is 67.9 Å². The van der Waals surface area contributed by atoms with Gasteiger partial charge in [-0.1, -0.05) is 18.2 Å². The highest BCUT2D eigenvalue weighted by molar-refractivity contribution is 5.89. The summed E-state index contributed by atoms with van der Waals surface area (Å²) in [5.41, 5.74) is 0.786. The third-order valence-corrected chi connectivity index (χ3v) is 4.83. The molecule has 1 aromatic carbocycles. The second-order valence-electron chi connectivity index (χ2n) is 6.82. The van der Waals surface area contributed by atoms with Gasteiger partial charge in [0.25, 0.3) is 0 Å². The minimum Gasteiger partial charge on any atom is -0.333 e. The molecule has 2 aliphatic rings. The molecule has 4 amide bonds. The zero-order chi connectivity index (χ0) is 17.6. The number of carbonyl (C=O) groups excluding carboxylic acids is 2. The molecule has 0 aliphatic carbocycles. The fraction of sp³-hybridized carbons (Fsp3) is 0.556. The molecule has 0 aromatic heterocycles. The van der Waals surface area contributed by atoms with Crippen molar-refractivity contribution < 1.29 is 9.59 Å². The molecule has 25 heavy (non-hydrogen) atoms. The third-order valence-electron chi connectivity index (χ3n) is 4.83. The molecule has 2 saturated heterocycles. The zero-order valence-corrected chi connectivity index (χ0v) is 14.8. The summed E-state index contributed by atoms with van der Waals surface area (Å²) >= 11 is 0. The van der Waals surface area contributed by atoms with E-state index in [-0.39, 0.29) is 18.1 Å². The number of likely N-dealkylation sites (N-methyl/N-ethyl adjacent to an activating group) is 1. The highest BCUT2D eigenvalue weighted by Crippen LogP contribution is 2.13. The van der Waals surface area contributed by atoms with Crippen LogP contribution >= 0.6 is 0 Å². The van der Waals surface area contributed by atoms with Crippen LogP contribution in [0.3, 0.4) is 0 Å². The minimum atomic E-state index is -0.112. The van der Waals surface area contributed by atoms with Gasteiger partial charge < -0.3 is 25.3 Å². The quantitative estimate of drug-likeness (QED) is 0.856. The number of likely N-dealkylation sites (tertiary alicyclic amines) is 1. The molecule has 2 N–H and O–H groups in total. The number of benzene rings is 1. The predicted octanol–water partition coefficient (Wildman–Crippen LogP) is 1.64. The van der Waals surface area contributed by atoms with Crippen molar-refractivity contribution in [2.45, 2.75) is 18.9 Å². The fourth-order valence-electron chi connectivity index (χ4n) is 3.30. The first-order valence-corrected chi connectivity index (χ1v) is 8.97. The van der Waals surface area contributed by atoms with Crippen molar-refractivity contribution in [3.63, 3.8) is 0 Å². The highest BCUT2D eigenvalue weighted by Gasteiger charge is 2.29. The van der Waals surface area contributed by atoms with E-state index in [4.69, 9.17) is 0 Å². The molecule has 0 radical (unpaired) electrons. The van der Waals surface area contributed by atoms with Gasteiger partial charge in [0.1, 0.15) is 0 Å². The van der Waals surface area contributed by atoms with Crippen LogP contribution < -0.4 is 10.6 Å². The van der Waals surface area contributed by atoms with E-state index < -0.39 is 0 Å². The van der Waals surface area contributed by atoms with Crippen LogP contribution in [0.1, 0.15) is 12.8 Å². The number of anilines is 1.